The van der Waals surface area contributed by atoms with Gasteiger partial charge < -0.3 is 0 Å². The van der Waals surface area contributed by atoms with Crippen LogP contribution in [0.1, 0.15) is 34.5 Å². The van der Waals surface area contributed by atoms with E-state index < -0.39 is 0 Å². The standard InChI is InChI=1S/C14H13BrOS/c1-2-11(10-6-4-3-5-7-10)13(16)14-12(15)8-9-17-14/h3-9,11H,2H2,1H3. The second kappa shape index (κ2) is 5.61. The first kappa shape index (κ1) is 12.5. The Kier molecular flexibility index (Phi) is 4.13. The zero-order valence-corrected chi connectivity index (χ0v) is 11.9. The van der Waals surface area contributed by atoms with E-state index in [2.05, 4.69) is 22.9 Å². The van der Waals surface area contributed by atoms with Crippen molar-refractivity contribution >= 4 is 33.0 Å². The van der Waals surface area contributed by atoms with Gasteiger partial charge in [0.2, 0.25) is 0 Å². The van der Waals surface area contributed by atoms with Crippen molar-refractivity contribution in [1.29, 1.82) is 0 Å². The fourth-order valence-corrected chi connectivity index (χ4v) is 3.45. The van der Waals surface area contributed by atoms with Crippen LogP contribution in [0.15, 0.2) is 46.3 Å². The fourth-order valence-electron chi connectivity index (χ4n) is 1.89. The van der Waals surface area contributed by atoms with Crippen LogP contribution in [0, 0.1) is 0 Å². The number of Topliss-reactive ketones (excluding diaryl/α,β-unsaturated/α-hetero) is 1. The Morgan fingerprint density at radius 1 is 1.29 bits per heavy atom. The monoisotopic (exact) mass is 308 g/mol. The highest BCUT2D eigenvalue weighted by atomic mass is 79.9. The van der Waals surface area contributed by atoms with Gasteiger partial charge in [-0.3, -0.25) is 4.79 Å². The third-order valence-corrected chi connectivity index (χ3v) is 4.62. The second-order valence-corrected chi connectivity index (χ2v) is 5.60. The van der Waals surface area contributed by atoms with Crippen LogP contribution in [0.2, 0.25) is 0 Å². The molecule has 1 nitrogen and oxygen atoms in total. The molecule has 0 saturated heterocycles. The lowest BCUT2D eigenvalue weighted by molar-refractivity contribution is 0.0960. The van der Waals surface area contributed by atoms with Gasteiger partial charge in [0, 0.05) is 10.4 Å². The van der Waals surface area contributed by atoms with Crippen molar-refractivity contribution in [2.24, 2.45) is 0 Å². The number of thiophene rings is 1. The van der Waals surface area contributed by atoms with Gasteiger partial charge in [0.25, 0.3) is 0 Å². The molecule has 88 valence electrons. The molecule has 1 unspecified atom stereocenters. The summed E-state index contributed by atoms with van der Waals surface area (Å²) in [4.78, 5) is 13.3. The summed E-state index contributed by atoms with van der Waals surface area (Å²) in [7, 11) is 0. The Balaban J connectivity index is 2.32. The van der Waals surface area contributed by atoms with Gasteiger partial charge in [-0.15, -0.1) is 11.3 Å². The highest BCUT2D eigenvalue weighted by Crippen LogP contribution is 2.30. The number of rotatable bonds is 4. The van der Waals surface area contributed by atoms with Gasteiger partial charge in [-0.05, 0) is 39.4 Å². The highest BCUT2D eigenvalue weighted by molar-refractivity contribution is 9.10. The third-order valence-electron chi connectivity index (χ3n) is 2.77. The van der Waals surface area contributed by atoms with Crippen LogP contribution in [-0.4, -0.2) is 5.78 Å². The van der Waals surface area contributed by atoms with Crippen molar-refractivity contribution < 1.29 is 4.79 Å². The molecule has 0 spiro atoms. The number of ketones is 1. The van der Waals surface area contributed by atoms with E-state index in [0.29, 0.717) is 0 Å². The molecule has 0 aliphatic carbocycles. The summed E-state index contributed by atoms with van der Waals surface area (Å²) in [6.45, 7) is 2.05. The molecule has 1 heterocycles. The molecular formula is C14H13BrOS. The van der Waals surface area contributed by atoms with E-state index >= 15 is 0 Å². The molecule has 2 aromatic rings. The zero-order valence-electron chi connectivity index (χ0n) is 9.52. The molecule has 1 aromatic heterocycles. The molecule has 0 bridgehead atoms. The zero-order chi connectivity index (χ0) is 12.3. The maximum atomic E-state index is 12.4. The van der Waals surface area contributed by atoms with Crippen molar-refractivity contribution in [3.8, 4) is 0 Å². The summed E-state index contributed by atoms with van der Waals surface area (Å²) in [6, 6.07) is 11.9. The number of hydrogen-bond donors (Lipinski definition) is 0. The average molecular weight is 309 g/mol. The van der Waals surface area contributed by atoms with Crippen molar-refractivity contribution in [3.05, 3.63) is 56.7 Å². The average Bonchev–Trinajstić information content (AvgIpc) is 2.77. The van der Waals surface area contributed by atoms with E-state index in [-0.39, 0.29) is 11.7 Å². The molecular weight excluding hydrogens is 296 g/mol. The minimum atomic E-state index is -0.0360. The van der Waals surface area contributed by atoms with Crippen LogP contribution < -0.4 is 0 Å². The lowest BCUT2D eigenvalue weighted by atomic mass is 9.91. The molecule has 0 fully saturated rings. The Bertz CT molecular complexity index is 504. The number of hydrogen-bond acceptors (Lipinski definition) is 2. The molecule has 0 aliphatic heterocycles. The van der Waals surface area contributed by atoms with Gasteiger partial charge in [0.15, 0.2) is 5.78 Å². The Morgan fingerprint density at radius 3 is 2.53 bits per heavy atom. The molecule has 0 radical (unpaired) electrons. The Labute approximate surface area is 114 Å². The first-order valence-corrected chi connectivity index (χ1v) is 7.23. The first-order valence-electron chi connectivity index (χ1n) is 5.56. The quantitative estimate of drug-likeness (QED) is 0.735. The highest BCUT2D eigenvalue weighted by Gasteiger charge is 2.22. The summed E-state index contributed by atoms with van der Waals surface area (Å²) < 4.78 is 0.905. The van der Waals surface area contributed by atoms with Gasteiger partial charge in [-0.1, -0.05) is 37.3 Å². The normalized spacial score (nSPS) is 12.4. The topological polar surface area (TPSA) is 17.1 Å². The van der Waals surface area contributed by atoms with Gasteiger partial charge in [0.05, 0.1) is 4.88 Å². The lowest BCUT2D eigenvalue weighted by Crippen LogP contribution is -2.11. The van der Waals surface area contributed by atoms with Crippen LogP contribution in [0.4, 0.5) is 0 Å². The third kappa shape index (κ3) is 2.67. The summed E-state index contributed by atoms with van der Waals surface area (Å²) in [5.74, 6) is 0.173. The van der Waals surface area contributed by atoms with Crippen LogP contribution in [0.5, 0.6) is 0 Å². The van der Waals surface area contributed by atoms with Crippen molar-refractivity contribution in [3.63, 3.8) is 0 Å². The number of halogens is 1. The molecule has 3 heteroatoms. The van der Waals surface area contributed by atoms with E-state index in [1.807, 2.05) is 41.8 Å². The van der Waals surface area contributed by atoms with Crippen LogP contribution in [0.3, 0.4) is 0 Å². The fraction of sp³-hybridized carbons (Fsp3) is 0.214. The summed E-state index contributed by atoms with van der Waals surface area (Å²) in [5.41, 5.74) is 1.10. The minimum absolute atomic E-state index is 0.0360. The van der Waals surface area contributed by atoms with Crippen LogP contribution in [-0.2, 0) is 0 Å². The summed E-state index contributed by atoms with van der Waals surface area (Å²) in [6.07, 6.45) is 0.827. The van der Waals surface area contributed by atoms with Gasteiger partial charge in [0.1, 0.15) is 0 Å². The van der Waals surface area contributed by atoms with E-state index in [1.165, 1.54) is 11.3 Å². The Morgan fingerprint density at radius 2 is 2.00 bits per heavy atom. The minimum Gasteiger partial charge on any atom is -0.293 e. The molecule has 0 aliphatic rings. The molecule has 0 amide bonds. The maximum absolute atomic E-state index is 12.4. The smallest absolute Gasteiger partial charge is 0.181 e. The molecule has 0 saturated carbocycles. The van der Waals surface area contributed by atoms with E-state index in [0.717, 1.165) is 21.3 Å². The molecule has 1 atom stereocenters. The predicted octanol–water partition coefficient (Wildman–Crippen LogP) is 4.89. The number of benzene rings is 1. The number of carbonyl (C=O) groups is 1. The van der Waals surface area contributed by atoms with Crippen LogP contribution in [0.25, 0.3) is 0 Å². The molecule has 17 heavy (non-hydrogen) atoms. The summed E-state index contributed by atoms with van der Waals surface area (Å²) in [5, 5.41) is 1.94. The largest absolute Gasteiger partial charge is 0.293 e. The number of carbonyl (C=O) groups excluding carboxylic acids is 1. The molecule has 0 N–H and O–H groups in total. The van der Waals surface area contributed by atoms with E-state index in [9.17, 15) is 4.79 Å². The molecule has 2 rings (SSSR count). The van der Waals surface area contributed by atoms with Crippen LogP contribution >= 0.6 is 27.3 Å². The van der Waals surface area contributed by atoms with E-state index in [1.54, 1.807) is 0 Å². The van der Waals surface area contributed by atoms with Crippen molar-refractivity contribution in [2.75, 3.05) is 0 Å². The van der Waals surface area contributed by atoms with Crippen molar-refractivity contribution in [1.82, 2.24) is 0 Å². The Hall–Kier alpha value is -0.930. The van der Waals surface area contributed by atoms with Gasteiger partial charge in [-0.25, -0.2) is 0 Å². The second-order valence-electron chi connectivity index (χ2n) is 3.83. The molecule has 1 aromatic carbocycles. The van der Waals surface area contributed by atoms with E-state index in [4.69, 9.17) is 0 Å². The van der Waals surface area contributed by atoms with Gasteiger partial charge in [-0.2, -0.15) is 0 Å². The first-order chi connectivity index (χ1) is 8.24. The van der Waals surface area contributed by atoms with Crippen molar-refractivity contribution in [2.45, 2.75) is 19.3 Å². The summed E-state index contributed by atoms with van der Waals surface area (Å²) >= 11 is 4.93. The lowest BCUT2D eigenvalue weighted by Gasteiger charge is -2.13. The SMILES string of the molecule is CCC(C(=O)c1sccc1Br)c1ccccc1. The van der Waals surface area contributed by atoms with Gasteiger partial charge >= 0.3 is 0 Å². The predicted molar refractivity (Wildman–Crippen MR) is 75.8 cm³/mol. The maximum Gasteiger partial charge on any atom is 0.181 e.